The highest BCUT2D eigenvalue weighted by molar-refractivity contribution is 6.01. The number of nitrogens with one attached hydrogen (secondary N) is 1. The Kier molecular flexibility index (Phi) is 3.61. The quantitative estimate of drug-likeness (QED) is 0.623. The summed E-state index contributed by atoms with van der Waals surface area (Å²) in [5.74, 6) is 0.772. The molecule has 0 atom stereocenters. The Morgan fingerprint density at radius 1 is 1.16 bits per heavy atom. The molecule has 7 nitrogen and oxygen atoms in total. The number of aromatic nitrogens is 5. The molecule has 124 valence electrons. The number of benzene rings is 1. The van der Waals surface area contributed by atoms with Gasteiger partial charge in [-0.3, -0.25) is 9.78 Å². The van der Waals surface area contributed by atoms with E-state index in [4.69, 9.17) is 0 Å². The zero-order valence-electron chi connectivity index (χ0n) is 13.9. The lowest BCUT2D eigenvalue weighted by Crippen LogP contribution is -2.15. The summed E-state index contributed by atoms with van der Waals surface area (Å²) in [5.41, 5.74) is 3.37. The first-order valence-corrected chi connectivity index (χ1v) is 7.93. The second-order valence-corrected chi connectivity index (χ2v) is 5.88. The van der Waals surface area contributed by atoms with Gasteiger partial charge in [0.1, 0.15) is 0 Å². The number of anilines is 1. The van der Waals surface area contributed by atoms with Gasteiger partial charge in [0.05, 0.1) is 17.6 Å². The fourth-order valence-electron chi connectivity index (χ4n) is 2.83. The minimum atomic E-state index is -0.179. The average Bonchev–Trinajstić information content (AvgIpc) is 2.97. The number of carbonyl (C=O) groups excluding carboxylic acids is 1. The van der Waals surface area contributed by atoms with Crippen LogP contribution in [-0.2, 0) is 11.2 Å². The molecule has 0 radical (unpaired) electrons. The Morgan fingerprint density at radius 2 is 2.04 bits per heavy atom. The monoisotopic (exact) mass is 332 g/mol. The van der Waals surface area contributed by atoms with Gasteiger partial charge in [-0.25, -0.2) is 9.50 Å². The van der Waals surface area contributed by atoms with Gasteiger partial charge in [-0.2, -0.15) is 4.98 Å². The van der Waals surface area contributed by atoms with Gasteiger partial charge in [0.25, 0.3) is 5.78 Å². The van der Waals surface area contributed by atoms with Crippen molar-refractivity contribution in [1.29, 1.82) is 0 Å². The summed E-state index contributed by atoms with van der Waals surface area (Å²) in [5, 5.41) is 8.18. The van der Waals surface area contributed by atoms with Crippen LogP contribution in [0.25, 0.3) is 16.7 Å². The molecule has 25 heavy (non-hydrogen) atoms. The summed E-state index contributed by atoms with van der Waals surface area (Å²) in [6.07, 6.45) is 1.81. The van der Waals surface area contributed by atoms with Crippen molar-refractivity contribution in [2.75, 3.05) is 5.32 Å². The highest BCUT2D eigenvalue weighted by atomic mass is 16.1. The number of hydrogen-bond acceptors (Lipinski definition) is 5. The van der Waals surface area contributed by atoms with Crippen LogP contribution in [0, 0.1) is 13.8 Å². The van der Waals surface area contributed by atoms with E-state index in [2.05, 4.69) is 25.4 Å². The van der Waals surface area contributed by atoms with E-state index in [1.807, 2.05) is 50.2 Å². The Bertz CT molecular complexity index is 1100. The van der Waals surface area contributed by atoms with Gasteiger partial charge in [-0.15, -0.1) is 5.10 Å². The third-order valence-corrected chi connectivity index (χ3v) is 3.90. The summed E-state index contributed by atoms with van der Waals surface area (Å²) < 4.78 is 1.65. The van der Waals surface area contributed by atoms with Crippen molar-refractivity contribution in [1.82, 2.24) is 24.6 Å². The smallest absolute Gasteiger partial charge is 0.252 e. The lowest BCUT2D eigenvalue weighted by molar-refractivity contribution is -0.115. The van der Waals surface area contributed by atoms with E-state index in [0.29, 0.717) is 11.6 Å². The highest BCUT2D eigenvalue weighted by Gasteiger charge is 2.13. The van der Waals surface area contributed by atoms with Gasteiger partial charge >= 0.3 is 0 Å². The first-order chi connectivity index (χ1) is 12.1. The molecule has 4 aromatic rings. The number of aryl methyl sites for hydroxylation is 2. The molecule has 0 aliphatic carbocycles. The van der Waals surface area contributed by atoms with Crippen LogP contribution in [-0.4, -0.2) is 30.5 Å². The van der Waals surface area contributed by atoms with Crippen LogP contribution < -0.4 is 5.32 Å². The molecule has 1 aromatic carbocycles. The summed E-state index contributed by atoms with van der Waals surface area (Å²) in [4.78, 5) is 25.4. The summed E-state index contributed by atoms with van der Waals surface area (Å²) in [6, 6.07) is 11.3. The normalized spacial score (nSPS) is 11.1. The maximum Gasteiger partial charge on any atom is 0.252 e. The number of fused-ring (bicyclic) bond motifs is 2. The molecule has 3 heterocycles. The van der Waals surface area contributed by atoms with E-state index in [0.717, 1.165) is 28.0 Å². The van der Waals surface area contributed by atoms with Crippen molar-refractivity contribution < 1.29 is 4.79 Å². The Labute approximate surface area is 143 Å². The van der Waals surface area contributed by atoms with E-state index in [9.17, 15) is 4.79 Å². The number of carbonyl (C=O) groups is 1. The third kappa shape index (κ3) is 2.91. The predicted molar refractivity (Wildman–Crippen MR) is 94.3 cm³/mol. The molecule has 3 aromatic heterocycles. The van der Waals surface area contributed by atoms with Gasteiger partial charge in [0.15, 0.2) is 5.82 Å². The van der Waals surface area contributed by atoms with Crippen LogP contribution in [0.1, 0.15) is 17.2 Å². The number of amides is 1. The topological polar surface area (TPSA) is 85.1 Å². The lowest BCUT2D eigenvalue weighted by Gasteiger charge is -2.07. The summed E-state index contributed by atoms with van der Waals surface area (Å²) in [7, 11) is 0. The molecular formula is C18H16N6O. The number of nitrogens with zero attached hydrogens (tertiary/aromatic N) is 5. The standard InChI is InChI=1S/C18H16N6O/c1-11-9-12(2)24-18(20-11)22-16(23-24)10-17(25)21-15-7-3-6-14-13(15)5-4-8-19-14/h3-9H,10H2,1-2H3,(H,21,25). The first kappa shape index (κ1) is 15.2. The van der Waals surface area contributed by atoms with Gasteiger partial charge in [-0.05, 0) is 44.2 Å². The van der Waals surface area contributed by atoms with Crippen LogP contribution in [0.4, 0.5) is 5.69 Å². The molecule has 4 rings (SSSR count). The van der Waals surface area contributed by atoms with Gasteiger partial charge < -0.3 is 5.32 Å². The molecule has 0 unspecified atom stereocenters. The number of pyridine rings is 1. The summed E-state index contributed by atoms with van der Waals surface area (Å²) >= 11 is 0. The lowest BCUT2D eigenvalue weighted by atomic mass is 10.2. The molecule has 0 saturated carbocycles. The Balaban J connectivity index is 1.59. The largest absolute Gasteiger partial charge is 0.325 e. The molecule has 0 saturated heterocycles. The van der Waals surface area contributed by atoms with Crippen molar-refractivity contribution >= 4 is 28.3 Å². The third-order valence-electron chi connectivity index (χ3n) is 3.90. The van der Waals surface area contributed by atoms with Gasteiger partial charge in [0, 0.05) is 23.0 Å². The fourth-order valence-corrected chi connectivity index (χ4v) is 2.83. The molecule has 0 bridgehead atoms. The molecule has 1 N–H and O–H groups in total. The predicted octanol–water partition coefficient (Wildman–Crippen LogP) is 2.47. The number of hydrogen-bond donors (Lipinski definition) is 1. The van der Waals surface area contributed by atoms with Crippen LogP contribution in [0.5, 0.6) is 0 Å². The minimum Gasteiger partial charge on any atom is -0.325 e. The SMILES string of the molecule is Cc1cc(C)n2nc(CC(=O)Nc3cccc4ncccc34)nc2n1. The fraction of sp³-hybridized carbons (Fsp3) is 0.167. The second-order valence-electron chi connectivity index (χ2n) is 5.88. The van der Waals surface area contributed by atoms with Crippen molar-refractivity contribution in [3.63, 3.8) is 0 Å². The number of rotatable bonds is 3. The molecule has 1 amide bonds. The molecular weight excluding hydrogens is 316 g/mol. The van der Waals surface area contributed by atoms with Crippen LogP contribution in [0.2, 0.25) is 0 Å². The van der Waals surface area contributed by atoms with Gasteiger partial charge in [0.2, 0.25) is 5.91 Å². The van der Waals surface area contributed by atoms with E-state index >= 15 is 0 Å². The Morgan fingerprint density at radius 3 is 2.92 bits per heavy atom. The maximum atomic E-state index is 12.4. The van der Waals surface area contributed by atoms with Crippen molar-refractivity contribution in [3.8, 4) is 0 Å². The average molecular weight is 332 g/mol. The zero-order valence-corrected chi connectivity index (χ0v) is 13.9. The second kappa shape index (κ2) is 5.94. The molecule has 0 aliphatic heterocycles. The maximum absolute atomic E-state index is 12.4. The Hall–Kier alpha value is -3.35. The summed E-state index contributed by atoms with van der Waals surface area (Å²) in [6.45, 7) is 3.84. The zero-order chi connectivity index (χ0) is 17.4. The van der Waals surface area contributed by atoms with E-state index < -0.39 is 0 Å². The molecule has 0 fully saturated rings. The van der Waals surface area contributed by atoms with Crippen molar-refractivity contribution in [2.24, 2.45) is 0 Å². The van der Waals surface area contributed by atoms with E-state index in [1.54, 1.807) is 10.7 Å². The molecule has 0 spiro atoms. The molecule has 7 heteroatoms. The van der Waals surface area contributed by atoms with Crippen molar-refractivity contribution in [2.45, 2.75) is 20.3 Å². The van der Waals surface area contributed by atoms with Crippen molar-refractivity contribution in [3.05, 3.63) is 59.8 Å². The minimum absolute atomic E-state index is 0.0818. The van der Waals surface area contributed by atoms with Crippen LogP contribution >= 0.6 is 0 Å². The first-order valence-electron chi connectivity index (χ1n) is 7.93. The van der Waals surface area contributed by atoms with Gasteiger partial charge in [-0.1, -0.05) is 6.07 Å². The highest BCUT2D eigenvalue weighted by Crippen LogP contribution is 2.21. The van der Waals surface area contributed by atoms with E-state index in [-0.39, 0.29) is 12.3 Å². The van der Waals surface area contributed by atoms with Crippen LogP contribution in [0.3, 0.4) is 0 Å². The van der Waals surface area contributed by atoms with Crippen LogP contribution in [0.15, 0.2) is 42.6 Å². The van der Waals surface area contributed by atoms with E-state index in [1.165, 1.54) is 0 Å². The molecule has 0 aliphatic rings.